The lowest BCUT2D eigenvalue weighted by Crippen LogP contribution is -1.88. The quantitative estimate of drug-likeness (QED) is 0.493. The highest BCUT2D eigenvalue weighted by molar-refractivity contribution is 4.76. The van der Waals surface area contributed by atoms with E-state index in [1.807, 2.05) is 0 Å². The van der Waals surface area contributed by atoms with Crippen molar-refractivity contribution in [1.82, 2.24) is 9.97 Å². The number of hydrogen-bond acceptors (Lipinski definition) is 2. The zero-order chi connectivity index (χ0) is 5.98. The summed E-state index contributed by atoms with van der Waals surface area (Å²) in [5, 5.41) is 0. The van der Waals surface area contributed by atoms with E-state index in [9.17, 15) is 8.78 Å². The largest absolute Gasteiger partial charge is 0.245 e. The molecule has 0 aliphatic rings. The number of hydrogen-bond donors (Lipinski definition) is 0. The molecule has 0 aromatic carbocycles. The zero-order valence-corrected chi connectivity index (χ0v) is 3.73. The molecular formula is C4HF2N2. The van der Waals surface area contributed by atoms with Gasteiger partial charge in [-0.3, -0.25) is 0 Å². The third kappa shape index (κ3) is 0.959. The second kappa shape index (κ2) is 1.81. The molecule has 0 bridgehead atoms. The molecule has 1 aromatic heterocycles. The highest BCUT2D eigenvalue weighted by Gasteiger charge is 1.92. The van der Waals surface area contributed by atoms with Crippen molar-refractivity contribution in [2.75, 3.05) is 0 Å². The van der Waals surface area contributed by atoms with E-state index in [2.05, 4.69) is 9.97 Å². The maximum absolute atomic E-state index is 11.7. The lowest BCUT2D eigenvalue weighted by molar-refractivity contribution is 0.501. The highest BCUT2D eigenvalue weighted by Crippen LogP contribution is 1.88. The topological polar surface area (TPSA) is 25.8 Å². The minimum absolute atomic E-state index is 0.781. The van der Waals surface area contributed by atoms with Crippen LogP contribution in [0.25, 0.3) is 0 Å². The van der Waals surface area contributed by atoms with Crippen LogP contribution in [-0.4, -0.2) is 9.97 Å². The number of nitrogens with zero attached hydrogens (tertiary/aromatic N) is 2. The van der Waals surface area contributed by atoms with Gasteiger partial charge in [0.05, 0.1) is 6.20 Å². The lowest BCUT2D eigenvalue weighted by atomic mass is 10.7. The van der Waals surface area contributed by atoms with E-state index in [4.69, 9.17) is 0 Å². The molecule has 8 heavy (non-hydrogen) atoms. The second-order valence-corrected chi connectivity index (χ2v) is 1.10. The SMILES string of the molecule is Fc1[c]ncc(F)n1. The van der Waals surface area contributed by atoms with Gasteiger partial charge >= 0.3 is 0 Å². The van der Waals surface area contributed by atoms with Gasteiger partial charge in [0.2, 0.25) is 11.9 Å². The minimum Gasteiger partial charge on any atom is -0.245 e. The predicted octanol–water partition coefficient (Wildman–Crippen LogP) is 0.555. The minimum atomic E-state index is -1.02. The summed E-state index contributed by atoms with van der Waals surface area (Å²) in [7, 11) is 0. The highest BCUT2D eigenvalue weighted by atomic mass is 19.1. The van der Waals surface area contributed by atoms with Crippen LogP contribution in [0.1, 0.15) is 0 Å². The number of aromatic nitrogens is 2. The van der Waals surface area contributed by atoms with Gasteiger partial charge in [0.15, 0.2) is 0 Å². The van der Waals surface area contributed by atoms with E-state index >= 15 is 0 Å². The standard InChI is InChI=1S/C4HF2N2/c5-3-1-7-2-4(6)8-3/h1H. The van der Waals surface area contributed by atoms with Crippen molar-refractivity contribution in [1.29, 1.82) is 0 Å². The maximum Gasteiger partial charge on any atom is 0.243 e. The average Bonchev–Trinajstić information content (AvgIpc) is 1.64. The maximum atomic E-state index is 11.7. The molecule has 0 fully saturated rings. The van der Waals surface area contributed by atoms with Gasteiger partial charge in [-0.1, -0.05) is 0 Å². The van der Waals surface area contributed by atoms with Crippen molar-refractivity contribution >= 4 is 0 Å². The summed E-state index contributed by atoms with van der Waals surface area (Å²) in [5.74, 6) is -1.95. The fraction of sp³-hybridized carbons (Fsp3) is 0. The molecule has 0 saturated carbocycles. The van der Waals surface area contributed by atoms with E-state index in [1.54, 1.807) is 6.20 Å². The molecule has 1 aromatic rings. The molecule has 0 atom stereocenters. The molecule has 0 amide bonds. The third-order valence-electron chi connectivity index (χ3n) is 0.533. The monoisotopic (exact) mass is 115 g/mol. The Labute approximate surface area is 44.2 Å². The molecule has 0 N–H and O–H groups in total. The first-order valence-corrected chi connectivity index (χ1v) is 1.85. The first-order valence-electron chi connectivity index (χ1n) is 1.85. The van der Waals surface area contributed by atoms with Gasteiger partial charge in [0.1, 0.15) is 6.20 Å². The second-order valence-electron chi connectivity index (χ2n) is 1.10. The molecule has 1 heterocycles. The number of rotatable bonds is 0. The molecule has 2 nitrogen and oxygen atoms in total. The zero-order valence-electron chi connectivity index (χ0n) is 3.73. The Morgan fingerprint density at radius 1 is 1.50 bits per heavy atom. The van der Waals surface area contributed by atoms with E-state index in [0.717, 1.165) is 6.20 Å². The molecule has 0 spiro atoms. The van der Waals surface area contributed by atoms with Crippen LogP contribution in [0.15, 0.2) is 6.20 Å². The van der Waals surface area contributed by atoms with E-state index < -0.39 is 11.9 Å². The fourth-order valence-electron chi connectivity index (χ4n) is 0.286. The van der Waals surface area contributed by atoms with Gasteiger partial charge in [-0.25, -0.2) is 4.98 Å². The van der Waals surface area contributed by atoms with Crippen LogP contribution in [0.2, 0.25) is 0 Å². The Balaban J connectivity index is 3.08. The first-order chi connectivity index (χ1) is 3.79. The molecule has 0 saturated heterocycles. The molecule has 0 aliphatic heterocycles. The molecule has 1 radical (unpaired) electrons. The van der Waals surface area contributed by atoms with Gasteiger partial charge in [-0.15, -0.1) is 0 Å². The Bertz CT molecular complexity index is 172. The van der Waals surface area contributed by atoms with Crippen LogP contribution >= 0.6 is 0 Å². The third-order valence-corrected chi connectivity index (χ3v) is 0.533. The van der Waals surface area contributed by atoms with Crippen LogP contribution in [0.4, 0.5) is 8.78 Å². The van der Waals surface area contributed by atoms with Crippen molar-refractivity contribution in [2.24, 2.45) is 0 Å². The summed E-state index contributed by atoms with van der Waals surface area (Å²) in [6, 6.07) is 0. The van der Waals surface area contributed by atoms with Crippen molar-refractivity contribution in [2.45, 2.75) is 0 Å². The Hall–Kier alpha value is -1.06. The fourth-order valence-corrected chi connectivity index (χ4v) is 0.286. The van der Waals surface area contributed by atoms with Crippen molar-refractivity contribution in [3.8, 4) is 0 Å². The van der Waals surface area contributed by atoms with E-state index in [0.29, 0.717) is 0 Å². The molecule has 41 valence electrons. The van der Waals surface area contributed by atoms with Gasteiger partial charge < -0.3 is 0 Å². The van der Waals surface area contributed by atoms with Crippen molar-refractivity contribution in [3.63, 3.8) is 0 Å². The Kier molecular flexibility index (Phi) is 1.15. The van der Waals surface area contributed by atoms with Gasteiger partial charge in [0.25, 0.3) is 0 Å². The summed E-state index contributed by atoms with van der Waals surface area (Å²) >= 11 is 0. The molecule has 0 aliphatic carbocycles. The molecule has 4 heteroatoms. The van der Waals surface area contributed by atoms with Gasteiger partial charge in [-0.2, -0.15) is 13.8 Å². The van der Waals surface area contributed by atoms with Crippen LogP contribution in [0.5, 0.6) is 0 Å². The summed E-state index contributed by atoms with van der Waals surface area (Å²) < 4.78 is 23.4. The normalized spacial score (nSPS) is 9.25. The van der Waals surface area contributed by atoms with Crippen LogP contribution in [0.3, 0.4) is 0 Å². The van der Waals surface area contributed by atoms with E-state index in [1.165, 1.54) is 0 Å². The summed E-state index contributed by atoms with van der Waals surface area (Å²) in [6.07, 6.45) is 2.59. The van der Waals surface area contributed by atoms with Crippen LogP contribution in [0, 0.1) is 18.1 Å². The predicted molar refractivity (Wildman–Crippen MR) is 20.8 cm³/mol. The molecular weight excluding hydrogens is 114 g/mol. The molecule has 1 rings (SSSR count). The number of halogens is 2. The summed E-state index contributed by atoms with van der Waals surface area (Å²) in [5.41, 5.74) is 0. The average molecular weight is 115 g/mol. The first kappa shape index (κ1) is 5.08. The Morgan fingerprint density at radius 2 is 2.25 bits per heavy atom. The van der Waals surface area contributed by atoms with E-state index in [-0.39, 0.29) is 0 Å². The Morgan fingerprint density at radius 3 is 2.62 bits per heavy atom. The van der Waals surface area contributed by atoms with Gasteiger partial charge in [0, 0.05) is 0 Å². The smallest absolute Gasteiger partial charge is 0.243 e. The summed E-state index contributed by atoms with van der Waals surface area (Å²) in [6.45, 7) is 0. The van der Waals surface area contributed by atoms with Crippen molar-refractivity contribution < 1.29 is 8.78 Å². The van der Waals surface area contributed by atoms with Crippen molar-refractivity contribution in [3.05, 3.63) is 24.3 Å². The lowest BCUT2D eigenvalue weighted by Gasteiger charge is -1.81. The van der Waals surface area contributed by atoms with Gasteiger partial charge in [-0.05, 0) is 0 Å². The van der Waals surface area contributed by atoms with Crippen LogP contribution < -0.4 is 0 Å². The van der Waals surface area contributed by atoms with Crippen LogP contribution in [-0.2, 0) is 0 Å². The summed E-state index contributed by atoms with van der Waals surface area (Å²) in [4.78, 5) is 5.77. The molecule has 0 unspecified atom stereocenters.